The van der Waals surface area contributed by atoms with Gasteiger partial charge in [0, 0.05) is 6.61 Å². The molecule has 0 aliphatic heterocycles. The number of esters is 2. The molecule has 0 aliphatic carbocycles. The van der Waals surface area contributed by atoms with Crippen LogP contribution >= 0.6 is 0 Å². The standard InChI is InChI=1S/C17H24O5/c1-6-20-11-17(4,5)22-16(19)14-9-7-13(8-10-14)15(18)21-12(2)3/h7-10,12H,6,11H2,1-5H3. The molecule has 1 rings (SSSR count). The van der Waals surface area contributed by atoms with E-state index in [1.807, 2.05) is 6.92 Å². The van der Waals surface area contributed by atoms with E-state index in [-0.39, 0.29) is 6.10 Å². The van der Waals surface area contributed by atoms with Crippen molar-refractivity contribution in [3.63, 3.8) is 0 Å². The fourth-order valence-electron chi connectivity index (χ4n) is 1.71. The van der Waals surface area contributed by atoms with Crippen LogP contribution in [0.5, 0.6) is 0 Å². The maximum Gasteiger partial charge on any atom is 0.338 e. The molecule has 0 fully saturated rings. The SMILES string of the molecule is CCOCC(C)(C)OC(=O)c1ccc(C(=O)OC(C)C)cc1. The molecule has 0 aromatic heterocycles. The smallest absolute Gasteiger partial charge is 0.338 e. The van der Waals surface area contributed by atoms with Crippen LogP contribution in [0.1, 0.15) is 55.3 Å². The molecule has 0 amide bonds. The van der Waals surface area contributed by atoms with Crippen molar-refractivity contribution >= 4 is 11.9 Å². The number of hydrogen-bond donors (Lipinski definition) is 0. The van der Waals surface area contributed by atoms with Crippen LogP contribution in [-0.4, -0.2) is 36.9 Å². The van der Waals surface area contributed by atoms with Gasteiger partial charge >= 0.3 is 11.9 Å². The minimum Gasteiger partial charge on any atom is -0.459 e. The lowest BCUT2D eigenvalue weighted by molar-refractivity contribution is -0.0448. The first-order valence-electron chi connectivity index (χ1n) is 7.37. The van der Waals surface area contributed by atoms with Gasteiger partial charge in [0.1, 0.15) is 5.60 Å². The highest BCUT2D eigenvalue weighted by Crippen LogP contribution is 2.15. The van der Waals surface area contributed by atoms with Gasteiger partial charge in [0.15, 0.2) is 0 Å². The lowest BCUT2D eigenvalue weighted by Gasteiger charge is -2.24. The van der Waals surface area contributed by atoms with Gasteiger partial charge in [-0.15, -0.1) is 0 Å². The molecule has 0 aliphatic rings. The van der Waals surface area contributed by atoms with Crippen LogP contribution < -0.4 is 0 Å². The first-order valence-corrected chi connectivity index (χ1v) is 7.37. The number of carbonyl (C=O) groups excluding carboxylic acids is 2. The van der Waals surface area contributed by atoms with Gasteiger partial charge in [-0.05, 0) is 58.9 Å². The maximum atomic E-state index is 12.1. The van der Waals surface area contributed by atoms with Gasteiger partial charge in [0.25, 0.3) is 0 Å². The molecule has 0 heterocycles. The monoisotopic (exact) mass is 308 g/mol. The Balaban J connectivity index is 2.70. The van der Waals surface area contributed by atoms with E-state index in [4.69, 9.17) is 14.2 Å². The summed E-state index contributed by atoms with van der Waals surface area (Å²) in [6, 6.07) is 6.21. The summed E-state index contributed by atoms with van der Waals surface area (Å²) in [4.78, 5) is 23.8. The molecule has 0 radical (unpaired) electrons. The van der Waals surface area contributed by atoms with Gasteiger partial charge in [-0.2, -0.15) is 0 Å². The number of carbonyl (C=O) groups is 2. The van der Waals surface area contributed by atoms with Crippen molar-refractivity contribution in [2.24, 2.45) is 0 Å². The Morgan fingerprint density at radius 2 is 1.55 bits per heavy atom. The molecule has 5 nitrogen and oxygen atoms in total. The Morgan fingerprint density at radius 3 is 2.00 bits per heavy atom. The Bertz CT molecular complexity index is 502. The third kappa shape index (κ3) is 5.85. The van der Waals surface area contributed by atoms with Gasteiger partial charge in [0.2, 0.25) is 0 Å². The molecule has 0 atom stereocenters. The second-order valence-electron chi connectivity index (χ2n) is 5.82. The highest BCUT2D eigenvalue weighted by molar-refractivity contribution is 5.93. The quantitative estimate of drug-likeness (QED) is 0.724. The molecule has 0 saturated heterocycles. The average Bonchev–Trinajstić information content (AvgIpc) is 2.44. The van der Waals surface area contributed by atoms with Crippen molar-refractivity contribution < 1.29 is 23.8 Å². The second kappa shape index (κ2) is 7.94. The molecular weight excluding hydrogens is 284 g/mol. The van der Waals surface area contributed by atoms with Crippen LogP contribution in [0.4, 0.5) is 0 Å². The molecule has 0 bridgehead atoms. The largest absolute Gasteiger partial charge is 0.459 e. The van der Waals surface area contributed by atoms with Crippen molar-refractivity contribution in [3.05, 3.63) is 35.4 Å². The number of ether oxygens (including phenoxy) is 3. The van der Waals surface area contributed by atoms with E-state index in [1.165, 1.54) is 0 Å². The zero-order valence-corrected chi connectivity index (χ0v) is 13.8. The predicted octanol–water partition coefficient (Wildman–Crippen LogP) is 3.22. The first-order chi connectivity index (χ1) is 10.2. The van der Waals surface area contributed by atoms with Gasteiger partial charge in [0.05, 0.1) is 23.8 Å². The summed E-state index contributed by atoms with van der Waals surface area (Å²) in [6.45, 7) is 9.91. The third-order valence-corrected chi connectivity index (χ3v) is 2.72. The predicted molar refractivity (Wildman–Crippen MR) is 83.0 cm³/mol. The highest BCUT2D eigenvalue weighted by Gasteiger charge is 2.24. The van der Waals surface area contributed by atoms with Gasteiger partial charge < -0.3 is 14.2 Å². The fourth-order valence-corrected chi connectivity index (χ4v) is 1.71. The van der Waals surface area contributed by atoms with Crippen LogP contribution in [0.15, 0.2) is 24.3 Å². The van der Waals surface area contributed by atoms with Crippen molar-refractivity contribution in [1.29, 1.82) is 0 Å². The Kier molecular flexibility index (Phi) is 6.56. The molecule has 5 heteroatoms. The zero-order valence-electron chi connectivity index (χ0n) is 13.8. The number of benzene rings is 1. The Morgan fingerprint density at radius 1 is 1.05 bits per heavy atom. The summed E-state index contributed by atoms with van der Waals surface area (Å²) in [5.41, 5.74) is 0.0759. The summed E-state index contributed by atoms with van der Waals surface area (Å²) in [7, 11) is 0. The van der Waals surface area contributed by atoms with Crippen LogP contribution in [0.2, 0.25) is 0 Å². The number of rotatable bonds is 7. The molecular formula is C17H24O5. The molecule has 0 unspecified atom stereocenters. The van der Waals surface area contributed by atoms with E-state index in [0.717, 1.165) is 0 Å². The normalized spacial score (nSPS) is 11.4. The average molecular weight is 308 g/mol. The summed E-state index contributed by atoms with van der Waals surface area (Å²) >= 11 is 0. The van der Waals surface area contributed by atoms with Gasteiger partial charge in [-0.3, -0.25) is 0 Å². The van der Waals surface area contributed by atoms with Crippen molar-refractivity contribution in [2.75, 3.05) is 13.2 Å². The van der Waals surface area contributed by atoms with E-state index in [0.29, 0.717) is 24.3 Å². The van der Waals surface area contributed by atoms with E-state index < -0.39 is 17.5 Å². The van der Waals surface area contributed by atoms with Gasteiger partial charge in [-0.25, -0.2) is 9.59 Å². The maximum absolute atomic E-state index is 12.1. The lowest BCUT2D eigenvalue weighted by atomic mass is 10.1. The Hall–Kier alpha value is -1.88. The molecule has 1 aromatic rings. The summed E-state index contributed by atoms with van der Waals surface area (Å²) in [5.74, 6) is -0.861. The Labute approximate surface area is 131 Å². The van der Waals surface area contributed by atoms with Crippen molar-refractivity contribution in [1.82, 2.24) is 0 Å². The van der Waals surface area contributed by atoms with Crippen LogP contribution in [0.3, 0.4) is 0 Å². The first kappa shape index (κ1) is 18.2. The van der Waals surface area contributed by atoms with Crippen LogP contribution in [-0.2, 0) is 14.2 Å². The van der Waals surface area contributed by atoms with Crippen LogP contribution in [0.25, 0.3) is 0 Å². The van der Waals surface area contributed by atoms with E-state index in [1.54, 1.807) is 52.0 Å². The summed E-state index contributed by atoms with van der Waals surface area (Å²) < 4.78 is 15.8. The fraction of sp³-hybridized carbons (Fsp3) is 0.529. The third-order valence-electron chi connectivity index (χ3n) is 2.72. The minimum atomic E-state index is -0.706. The van der Waals surface area contributed by atoms with Crippen molar-refractivity contribution in [3.8, 4) is 0 Å². The summed E-state index contributed by atoms with van der Waals surface area (Å²) in [5, 5.41) is 0. The molecule has 0 N–H and O–H groups in total. The lowest BCUT2D eigenvalue weighted by Crippen LogP contribution is -2.33. The zero-order chi connectivity index (χ0) is 16.8. The minimum absolute atomic E-state index is 0.184. The molecule has 0 spiro atoms. The van der Waals surface area contributed by atoms with Crippen LogP contribution in [0, 0.1) is 0 Å². The van der Waals surface area contributed by atoms with E-state index >= 15 is 0 Å². The number of hydrogen-bond acceptors (Lipinski definition) is 5. The molecule has 1 aromatic carbocycles. The summed E-state index contributed by atoms with van der Waals surface area (Å²) in [6.07, 6.45) is -0.184. The van der Waals surface area contributed by atoms with E-state index in [9.17, 15) is 9.59 Å². The van der Waals surface area contributed by atoms with Crippen molar-refractivity contribution in [2.45, 2.75) is 46.3 Å². The molecule has 22 heavy (non-hydrogen) atoms. The molecule has 122 valence electrons. The highest BCUT2D eigenvalue weighted by atomic mass is 16.6. The van der Waals surface area contributed by atoms with Gasteiger partial charge in [-0.1, -0.05) is 0 Å². The topological polar surface area (TPSA) is 61.8 Å². The second-order valence-corrected chi connectivity index (χ2v) is 5.82. The van der Waals surface area contributed by atoms with E-state index in [2.05, 4.69) is 0 Å². The molecule has 0 saturated carbocycles.